The highest BCUT2D eigenvalue weighted by atomic mass is 35.5. The van der Waals surface area contributed by atoms with E-state index in [4.69, 9.17) is 0 Å². The van der Waals surface area contributed by atoms with E-state index in [1.165, 1.54) is 37.7 Å². The van der Waals surface area contributed by atoms with Gasteiger partial charge in [-0.2, -0.15) is 0 Å². The van der Waals surface area contributed by atoms with Crippen molar-refractivity contribution in [3.63, 3.8) is 0 Å². The molecular weight excluding hydrogens is 332 g/mol. The molecule has 0 aliphatic carbocycles. The van der Waals surface area contributed by atoms with Gasteiger partial charge in [0.15, 0.2) is 0 Å². The number of benzene rings is 1. The summed E-state index contributed by atoms with van der Waals surface area (Å²) in [5.74, 6) is 0.221. The Morgan fingerprint density at radius 1 is 0.960 bits per heavy atom. The minimum Gasteiger partial charge on any atom is -1.00 e. The molecule has 4 heteroatoms. The molecule has 0 fully saturated rings. The molecule has 1 amide bonds. The number of carbonyl (C=O) groups is 1. The molecule has 3 nitrogen and oxygen atoms in total. The Labute approximate surface area is 161 Å². The zero-order valence-corrected chi connectivity index (χ0v) is 17.2. The minimum atomic E-state index is 0. The fourth-order valence-corrected chi connectivity index (χ4v) is 3.05. The fourth-order valence-electron chi connectivity index (χ4n) is 3.05. The third-order valence-corrected chi connectivity index (χ3v) is 4.47. The topological polar surface area (TPSA) is 29.1 Å². The average Bonchev–Trinajstić information content (AvgIpc) is 2.55. The third-order valence-electron chi connectivity index (χ3n) is 4.47. The second-order valence-corrected chi connectivity index (χ2v) is 7.52. The van der Waals surface area contributed by atoms with Crippen LogP contribution in [0.3, 0.4) is 0 Å². The lowest BCUT2D eigenvalue weighted by Crippen LogP contribution is -3.00. The van der Waals surface area contributed by atoms with Crippen molar-refractivity contribution in [3.8, 4) is 0 Å². The van der Waals surface area contributed by atoms with Gasteiger partial charge < -0.3 is 22.2 Å². The van der Waals surface area contributed by atoms with Crippen LogP contribution in [0, 0.1) is 0 Å². The van der Waals surface area contributed by atoms with Crippen molar-refractivity contribution in [1.82, 2.24) is 5.32 Å². The van der Waals surface area contributed by atoms with Crippen molar-refractivity contribution in [1.29, 1.82) is 0 Å². The van der Waals surface area contributed by atoms with Crippen LogP contribution in [0.25, 0.3) is 0 Å². The Balaban J connectivity index is 0.00000576. The zero-order valence-electron chi connectivity index (χ0n) is 16.4. The van der Waals surface area contributed by atoms with E-state index >= 15 is 0 Å². The molecular formula is C21H37ClN2O. The summed E-state index contributed by atoms with van der Waals surface area (Å²) in [6.07, 6.45) is 9.12. The van der Waals surface area contributed by atoms with Crippen LogP contribution in [0.5, 0.6) is 0 Å². The van der Waals surface area contributed by atoms with E-state index in [1.54, 1.807) is 0 Å². The summed E-state index contributed by atoms with van der Waals surface area (Å²) in [5.41, 5.74) is 1.37. The van der Waals surface area contributed by atoms with E-state index in [-0.39, 0.29) is 18.3 Å². The highest BCUT2D eigenvalue weighted by molar-refractivity contribution is 5.75. The predicted octanol–water partition coefficient (Wildman–Crippen LogP) is 1.52. The van der Waals surface area contributed by atoms with Crippen molar-refractivity contribution >= 4 is 5.91 Å². The minimum absolute atomic E-state index is 0. The number of nitrogens with zero attached hydrogens (tertiary/aromatic N) is 1. The Bertz CT molecular complexity index is 448. The van der Waals surface area contributed by atoms with E-state index in [0.717, 1.165) is 37.0 Å². The first-order valence-corrected chi connectivity index (χ1v) is 9.66. The highest BCUT2D eigenvalue weighted by Crippen LogP contribution is 2.10. The predicted molar refractivity (Wildman–Crippen MR) is 103 cm³/mol. The lowest BCUT2D eigenvalue weighted by atomic mass is 10.1. The van der Waals surface area contributed by atoms with Crippen LogP contribution in [0.2, 0.25) is 0 Å². The maximum absolute atomic E-state index is 11.8. The maximum atomic E-state index is 11.8. The van der Waals surface area contributed by atoms with Gasteiger partial charge >= 0.3 is 0 Å². The number of quaternary nitrogens is 1. The van der Waals surface area contributed by atoms with Crippen molar-refractivity contribution in [3.05, 3.63) is 35.9 Å². The average molecular weight is 369 g/mol. The van der Waals surface area contributed by atoms with Crippen LogP contribution in [-0.2, 0) is 11.3 Å². The van der Waals surface area contributed by atoms with Crippen LogP contribution in [0.1, 0.15) is 63.9 Å². The van der Waals surface area contributed by atoms with Gasteiger partial charge in [-0.3, -0.25) is 4.79 Å². The van der Waals surface area contributed by atoms with Gasteiger partial charge in [0.25, 0.3) is 0 Å². The molecule has 1 rings (SSSR count). The molecule has 0 saturated heterocycles. The van der Waals surface area contributed by atoms with E-state index < -0.39 is 0 Å². The molecule has 1 aromatic rings. The zero-order chi connectivity index (χ0) is 17.7. The van der Waals surface area contributed by atoms with Gasteiger partial charge in [-0.25, -0.2) is 0 Å². The van der Waals surface area contributed by atoms with E-state index in [2.05, 4.69) is 56.7 Å². The van der Waals surface area contributed by atoms with Gasteiger partial charge in [-0.15, -0.1) is 0 Å². The summed E-state index contributed by atoms with van der Waals surface area (Å²) in [6.45, 7) is 5.14. The van der Waals surface area contributed by atoms with E-state index in [1.807, 2.05) is 0 Å². The first-order chi connectivity index (χ1) is 11.5. The van der Waals surface area contributed by atoms with Gasteiger partial charge in [0.1, 0.15) is 6.54 Å². The largest absolute Gasteiger partial charge is 1.00 e. The Hall–Kier alpha value is -1.06. The standard InChI is InChI=1S/C21H36N2O.ClH/c1-4-5-6-7-8-12-16-21(24)22-17-13-18-23(2,3)19-20-14-10-9-11-15-20;/h9-11,14-15H,4-8,12-13,16-19H2,1-3H3;1H. The second-order valence-electron chi connectivity index (χ2n) is 7.52. The molecule has 0 bridgehead atoms. The van der Waals surface area contributed by atoms with Crippen LogP contribution in [0.15, 0.2) is 30.3 Å². The van der Waals surface area contributed by atoms with Crippen molar-refractivity contribution in [2.45, 2.75) is 64.8 Å². The number of carbonyl (C=O) groups excluding carboxylic acids is 1. The first-order valence-electron chi connectivity index (χ1n) is 9.66. The van der Waals surface area contributed by atoms with Gasteiger partial charge in [0, 0.05) is 24.9 Å². The lowest BCUT2D eigenvalue weighted by molar-refractivity contribution is -0.903. The molecule has 0 spiro atoms. The molecule has 0 heterocycles. The molecule has 0 aliphatic rings. The number of hydrogen-bond donors (Lipinski definition) is 1. The van der Waals surface area contributed by atoms with E-state index in [0.29, 0.717) is 6.42 Å². The number of hydrogen-bond acceptors (Lipinski definition) is 1. The van der Waals surface area contributed by atoms with Crippen molar-refractivity contribution < 1.29 is 21.7 Å². The van der Waals surface area contributed by atoms with Crippen LogP contribution in [-0.4, -0.2) is 37.6 Å². The lowest BCUT2D eigenvalue weighted by Gasteiger charge is -2.30. The number of halogens is 1. The van der Waals surface area contributed by atoms with Crippen LogP contribution in [0.4, 0.5) is 0 Å². The molecule has 0 atom stereocenters. The Morgan fingerprint density at radius 3 is 2.28 bits per heavy atom. The number of unbranched alkanes of at least 4 members (excludes halogenated alkanes) is 5. The quantitative estimate of drug-likeness (QED) is 0.415. The summed E-state index contributed by atoms with van der Waals surface area (Å²) in [4.78, 5) is 11.8. The molecule has 0 aromatic heterocycles. The molecule has 1 aromatic carbocycles. The Morgan fingerprint density at radius 2 is 1.60 bits per heavy atom. The summed E-state index contributed by atoms with van der Waals surface area (Å²) >= 11 is 0. The smallest absolute Gasteiger partial charge is 0.219 e. The highest BCUT2D eigenvalue weighted by Gasteiger charge is 2.15. The summed E-state index contributed by atoms with van der Waals surface area (Å²) in [7, 11) is 4.51. The maximum Gasteiger partial charge on any atom is 0.219 e. The molecule has 144 valence electrons. The van der Waals surface area contributed by atoms with Gasteiger partial charge in [-0.05, 0) is 6.42 Å². The first kappa shape index (κ1) is 23.9. The number of amides is 1. The van der Waals surface area contributed by atoms with Crippen molar-refractivity contribution in [2.75, 3.05) is 27.2 Å². The van der Waals surface area contributed by atoms with Crippen LogP contribution < -0.4 is 17.7 Å². The number of nitrogens with one attached hydrogen (secondary N) is 1. The summed E-state index contributed by atoms with van der Waals surface area (Å²) in [5, 5.41) is 3.07. The van der Waals surface area contributed by atoms with Crippen molar-refractivity contribution in [2.24, 2.45) is 0 Å². The van der Waals surface area contributed by atoms with Gasteiger partial charge in [-0.1, -0.05) is 69.4 Å². The summed E-state index contributed by atoms with van der Waals surface area (Å²) in [6, 6.07) is 10.6. The molecule has 0 saturated carbocycles. The molecule has 0 unspecified atom stereocenters. The molecule has 1 N–H and O–H groups in total. The Kier molecular flexibility index (Phi) is 13.5. The monoisotopic (exact) mass is 368 g/mol. The van der Waals surface area contributed by atoms with E-state index in [9.17, 15) is 4.79 Å². The normalized spacial score (nSPS) is 11.0. The van der Waals surface area contributed by atoms with Crippen LogP contribution >= 0.6 is 0 Å². The molecule has 25 heavy (non-hydrogen) atoms. The molecule has 0 radical (unpaired) electrons. The third kappa shape index (κ3) is 12.9. The second kappa shape index (κ2) is 14.1. The SMILES string of the molecule is CCCCCCCCC(=O)NCCC[N+](C)(C)Cc1ccccc1.[Cl-]. The number of rotatable bonds is 13. The molecule has 0 aliphatic heterocycles. The van der Waals surface area contributed by atoms with Gasteiger partial charge in [0.2, 0.25) is 5.91 Å². The fraction of sp³-hybridized carbons (Fsp3) is 0.667. The summed E-state index contributed by atoms with van der Waals surface area (Å²) < 4.78 is 0.956. The van der Waals surface area contributed by atoms with Gasteiger partial charge in [0.05, 0.1) is 20.6 Å².